The lowest BCUT2D eigenvalue weighted by Gasteiger charge is -1.83. The Morgan fingerprint density at radius 3 is 0.615 bits per heavy atom. The Kier molecular flexibility index (Phi) is 40.6. The Bertz CT molecular complexity index is 1300. The number of rotatable bonds is 0. The van der Waals surface area contributed by atoms with Gasteiger partial charge in [-0.05, 0) is 52.6 Å². The minimum Gasteiger partial charge on any atom is -0.412 e. The zero-order chi connectivity index (χ0) is 39.8. The number of benzene rings is 3. The first-order valence-electron chi connectivity index (χ1n) is 12.4. The largest absolute Gasteiger partial charge is 0.412 e. The van der Waals surface area contributed by atoms with Crippen LogP contribution in [0.1, 0.15) is 0 Å². The van der Waals surface area contributed by atoms with Crippen molar-refractivity contribution >= 4 is 84.8 Å². The topological polar surface area (TPSA) is 322 Å². The summed E-state index contributed by atoms with van der Waals surface area (Å²) in [4.78, 5) is 93.5. The van der Waals surface area contributed by atoms with Crippen LogP contribution in [-0.2, 0) is 0 Å². The second kappa shape index (κ2) is 37.2. The van der Waals surface area contributed by atoms with Crippen molar-refractivity contribution in [3.63, 3.8) is 0 Å². The van der Waals surface area contributed by atoms with Gasteiger partial charge >= 0.3 is 52.1 Å². The fourth-order valence-electron chi connectivity index (χ4n) is 2.99. The zero-order valence-corrected chi connectivity index (χ0v) is 31.1. The van der Waals surface area contributed by atoms with E-state index in [0.29, 0.717) is 0 Å². The molecule has 3 heterocycles. The van der Waals surface area contributed by atoms with Gasteiger partial charge in [-0.15, -0.1) is 0 Å². The maximum absolute atomic E-state index is 10.2. The second-order valence-electron chi connectivity index (χ2n) is 7.64. The van der Waals surface area contributed by atoms with Crippen molar-refractivity contribution in [1.82, 2.24) is 15.0 Å². The molecule has 0 unspecified atom stereocenters. The number of H-pyrrole nitrogens is 3. The maximum Gasteiger partial charge on any atom is 0.369 e. The molecule has 0 bridgehead atoms. The van der Waals surface area contributed by atoms with Crippen LogP contribution in [0, 0.1) is 0 Å². The van der Waals surface area contributed by atoms with E-state index in [1.807, 2.05) is 55.0 Å². The number of fused-ring (bicyclic) bond motifs is 3. The van der Waals surface area contributed by atoms with E-state index in [0.717, 1.165) is 0 Å². The average Bonchev–Trinajstić information content (AvgIpc) is 3.77. The Morgan fingerprint density at radius 1 is 0.308 bits per heavy atom. The van der Waals surface area contributed by atoms with Crippen LogP contribution >= 0.6 is 52.1 Å². The average molecular weight is 873 g/mol. The maximum atomic E-state index is 10.2. The number of hydrogen-bond acceptors (Lipinski definition) is 12. The molecular formula is C24H35F6N3O13P6. The molecule has 6 aromatic rings. The first kappa shape index (κ1) is 56.7. The van der Waals surface area contributed by atoms with E-state index in [4.69, 9.17) is 58.7 Å². The first-order valence-corrected chi connectivity index (χ1v) is 19.2. The first-order chi connectivity index (χ1) is 23.8. The summed E-state index contributed by atoms with van der Waals surface area (Å²) in [5, 5.41) is 3.83. The van der Waals surface area contributed by atoms with Gasteiger partial charge in [0.1, 0.15) is 0 Å². The van der Waals surface area contributed by atoms with Crippen molar-refractivity contribution < 1.29 is 89.4 Å². The zero-order valence-electron chi connectivity index (χ0n) is 25.7. The highest BCUT2D eigenvalue weighted by atomic mass is 31.2. The summed E-state index contributed by atoms with van der Waals surface area (Å²) < 4.78 is 61.1. The quantitative estimate of drug-likeness (QED) is 0.0561. The van der Waals surface area contributed by atoms with Crippen LogP contribution in [-0.4, -0.2) is 79.1 Å². The van der Waals surface area contributed by atoms with Gasteiger partial charge in [-0.25, -0.2) is 0 Å². The Hall–Kier alpha value is -2.08. The molecule has 28 heteroatoms. The van der Waals surface area contributed by atoms with Gasteiger partial charge in [0.2, 0.25) is 0 Å². The fourth-order valence-corrected chi connectivity index (χ4v) is 2.99. The summed E-state index contributed by atoms with van der Waals surface area (Å²) in [5.41, 5.74) is 3.62. The van der Waals surface area contributed by atoms with Gasteiger partial charge in [0.25, 0.3) is 0 Å². The van der Waals surface area contributed by atoms with Crippen molar-refractivity contribution in [3.05, 3.63) is 110 Å². The lowest BCUT2D eigenvalue weighted by molar-refractivity contribution is 0.426. The van der Waals surface area contributed by atoms with Gasteiger partial charge in [0.15, 0.2) is 0 Å². The summed E-state index contributed by atoms with van der Waals surface area (Å²) in [6.45, 7) is 0. The van der Waals surface area contributed by atoms with Gasteiger partial charge in [-0.2, -0.15) is 25.2 Å². The second-order valence-corrected chi connectivity index (χ2v) is 10.5. The van der Waals surface area contributed by atoms with Gasteiger partial charge in [-0.1, -0.05) is 54.6 Å². The highest BCUT2D eigenvalue weighted by molar-refractivity contribution is 7.39. The summed E-state index contributed by atoms with van der Waals surface area (Å²) in [7, 11) is -18.7. The van der Waals surface area contributed by atoms with Crippen LogP contribution in [0.15, 0.2) is 110 Å². The molecule has 0 radical (unpaired) electrons. The monoisotopic (exact) mass is 873 g/mol. The normalized spacial score (nSPS) is 9.46. The molecule has 3 aromatic carbocycles. The Balaban J connectivity index is -0.000000257. The van der Waals surface area contributed by atoms with Crippen LogP contribution in [0.25, 0.3) is 32.7 Å². The molecule has 0 fully saturated rings. The summed E-state index contributed by atoms with van der Waals surface area (Å²) in [6, 6.07) is 30.8. The number of para-hydroxylation sites is 3. The number of nitrogens with one attached hydrogen (secondary N) is 3. The van der Waals surface area contributed by atoms with E-state index in [2.05, 4.69) is 69.5 Å². The molecule has 16 nitrogen and oxygen atoms in total. The third kappa shape index (κ3) is 44.1. The van der Waals surface area contributed by atoms with Crippen molar-refractivity contribution in [2.45, 2.75) is 0 Å². The standard InChI is InChI=1S/3C8H7N.6FH2O2P.H2O/c3*1-2-4-8-7(3-1)5-6-9-8;6*1-4(2)3;/h3*1-6,9H;6*2-3H;1H2. The molecule has 3 aromatic heterocycles. The molecular weight excluding hydrogens is 838 g/mol. The lowest BCUT2D eigenvalue weighted by Crippen LogP contribution is -1.61. The molecule has 6 rings (SSSR count). The van der Waals surface area contributed by atoms with E-state index in [1.54, 1.807) is 0 Å². The Morgan fingerprint density at radius 2 is 0.462 bits per heavy atom. The van der Waals surface area contributed by atoms with E-state index in [1.165, 1.54) is 32.7 Å². The molecule has 17 N–H and O–H groups in total. The van der Waals surface area contributed by atoms with Gasteiger partial charge in [0, 0.05) is 35.1 Å². The third-order valence-electron chi connectivity index (χ3n) is 4.39. The number of aromatic amines is 3. The molecule has 0 aliphatic heterocycles. The fraction of sp³-hybridized carbons (Fsp3) is 0. The summed E-state index contributed by atoms with van der Waals surface area (Å²) >= 11 is 0. The lowest BCUT2D eigenvalue weighted by atomic mass is 10.3. The predicted molar refractivity (Wildman–Crippen MR) is 193 cm³/mol. The van der Waals surface area contributed by atoms with Crippen LogP contribution in [0.3, 0.4) is 0 Å². The highest BCUT2D eigenvalue weighted by Gasteiger charge is 1.89. The smallest absolute Gasteiger partial charge is 0.369 e. The SMILES string of the molecule is O.OP(O)F.OP(O)F.OP(O)F.OP(O)F.OP(O)F.OP(O)F.c1ccc2[nH]ccc2c1.c1ccc2[nH]ccc2c1.c1ccc2[nH]ccc2c1. The molecule has 0 aliphatic carbocycles. The van der Waals surface area contributed by atoms with Gasteiger partial charge in [0.05, 0.1) is 0 Å². The minimum absolute atomic E-state index is 0. The van der Waals surface area contributed by atoms with Crippen molar-refractivity contribution in [1.29, 1.82) is 0 Å². The van der Waals surface area contributed by atoms with Gasteiger partial charge < -0.3 is 79.1 Å². The van der Waals surface area contributed by atoms with Crippen molar-refractivity contribution in [2.24, 2.45) is 0 Å². The highest BCUT2D eigenvalue weighted by Crippen LogP contribution is 2.24. The van der Waals surface area contributed by atoms with Crippen LogP contribution in [0.4, 0.5) is 25.2 Å². The third-order valence-corrected chi connectivity index (χ3v) is 4.39. The minimum atomic E-state index is -3.12. The van der Waals surface area contributed by atoms with E-state index < -0.39 is 52.1 Å². The number of halogens is 6. The molecule has 0 saturated heterocycles. The molecule has 52 heavy (non-hydrogen) atoms. The van der Waals surface area contributed by atoms with Crippen molar-refractivity contribution in [2.75, 3.05) is 0 Å². The molecule has 296 valence electrons. The van der Waals surface area contributed by atoms with Crippen LogP contribution in [0.5, 0.6) is 0 Å². The van der Waals surface area contributed by atoms with Crippen LogP contribution in [0.2, 0.25) is 0 Å². The van der Waals surface area contributed by atoms with E-state index in [9.17, 15) is 25.2 Å². The Labute approximate surface area is 298 Å². The summed E-state index contributed by atoms with van der Waals surface area (Å²) in [6.07, 6.45) is 5.85. The van der Waals surface area contributed by atoms with Crippen molar-refractivity contribution in [3.8, 4) is 0 Å². The molecule has 0 spiro atoms. The number of hydrogen-bond donors (Lipinski definition) is 15. The predicted octanol–water partition coefficient (Wildman–Crippen LogP) is 6.68. The van der Waals surface area contributed by atoms with Crippen LogP contribution < -0.4 is 0 Å². The van der Waals surface area contributed by atoms with E-state index in [-0.39, 0.29) is 5.48 Å². The molecule has 0 amide bonds. The summed E-state index contributed by atoms with van der Waals surface area (Å²) in [5.74, 6) is 0. The molecule has 0 saturated carbocycles. The van der Waals surface area contributed by atoms with E-state index >= 15 is 0 Å². The number of aromatic nitrogens is 3. The molecule has 0 atom stereocenters. The molecule has 0 aliphatic rings. The van der Waals surface area contributed by atoms with Gasteiger partial charge in [-0.3, -0.25) is 0 Å².